The van der Waals surface area contributed by atoms with Crippen molar-refractivity contribution < 1.29 is 8.83 Å². The molecule has 248 valence electrons. The number of benzene rings is 9. The van der Waals surface area contributed by atoms with Crippen LogP contribution in [0.15, 0.2) is 197 Å². The van der Waals surface area contributed by atoms with Gasteiger partial charge in [-0.25, -0.2) is 0 Å². The van der Waals surface area contributed by atoms with Gasteiger partial charge in [0.2, 0.25) is 0 Å². The Bertz CT molecular complexity index is 3160. The molecule has 0 fully saturated rings. The van der Waals surface area contributed by atoms with Crippen LogP contribution < -0.4 is 4.90 Å². The standard InChI is InChI=1S/C50H31NO2/c1-3-12-39-33(9-1)11-7-15-40(39)35-21-27-38(28-22-35)51(44-16-8-18-47-50(44)42-14-5-6-17-45(42)52-47)37-25-19-32(20-26-37)36-24-29-46-43(31-36)49-41-13-4-2-10-34(41)23-30-48(49)53-46/h1-31H. The summed E-state index contributed by atoms with van der Waals surface area (Å²) in [5, 5.41) is 9.39. The van der Waals surface area contributed by atoms with Gasteiger partial charge in [-0.15, -0.1) is 0 Å². The molecule has 0 atom stereocenters. The minimum Gasteiger partial charge on any atom is -0.456 e. The predicted molar refractivity (Wildman–Crippen MR) is 222 cm³/mol. The largest absolute Gasteiger partial charge is 0.456 e. The minimum atomic E-state index is 0.867. The van der Waals surface area contributed by atoms with Gasteiger partial charge in [-0.3, -0.25) is 0 Å². The summed E-state index contributed by atoms with van der Waals surface area (Å²) in [5.41, 5.74) is 11.4. The molecule has 0 saturated heterocycles. The van der Waals surface area contributed by atoms with Crippen molar-refractivity contribution in [2.24, 2.45) is 0 Å². The fraction of sp³-hybridized carbons (Fsp3) is 0. The number of fused-ring (bicyclic) bond motifs is 9. The zero-order valence-electron chi connectivity index (χ0n) is 28.7. The molecule has 3 heteroatoms. The summed E-state index contributed by atoms with van der Waals surface area (Å²) in [5.74, 6) is 0. The van der Waals surface area contributed by atoms with Gasteiger partial charge in [0.05, 0.1) is 11.1 Å². The van der Waals surface area contributed by atoms with E-state index in [1.165, 1.54) is 32.7 Å². The van der Waals surface area contributed by atoms with E-state index >= 15 is 0 Å². The molecule has 0 aliphatic rings. The van der Waals surface area contributed by atoms with Gasteiger partial charge in [-0.05, 0) is 104 Å². The van der Waals surface area contributed by atoms with Gasteiger partial charge < -0.3 is 13.7 Å². The molecule has 0 aliphatic carbocycles. The van der Waals surface area contributed by atoms with Gasteiger partial charge in [0.1, 0.15) is 22.3 Å². The Labute approximate surface area is 305 Å². The maximum absolute atomic E-state index is 6.36. The van der Waals surface area contributed by atoms with Crippen LogP contribution in [0.5, 0.6) is 0 Å². The second-order valence-electron chi connectivity index (χ2n) is 13.7. The molecule has 0 unspecified atom stereocenters. The van der Waals surface area contributed by atoms with E-state index in [0.29, 0.717) is 0 Å². The molecule has 2 aromatic heterocycles. The van der Waals surface area contributed by atoms with Crippen LogP contribution >= 0.6 is 0 Å². The summed E-state index contributed by atoms with van der Waals surface area (Å²) in [6, 6.07) is 66.8. The zero-order chi connectivity index (χ0) is 34.9. The summed E-state index contributed by atoms with van der Waals surface area (Å²) in [6.07, 6.45) is 0. The second-order valence-corrected chi connectivity index (χ2v) is 13.7. The molecule has 11 aromatic rings. The predicted octanol–water partition coefficient (Wildman–Crippen LogP) is 14.6. The Hall–Kier alpha value is -7.10. The van der Waals surface area contributed by atoms with Crippen molar-refractivity contribution in [1.82, 2.24) is 0 Å². The first-order valence-corrected chi connectivity index (χ1v) is 18.0. The Balaban J connectivity index is 1.05. The summed E-state index contributed by atoms with van der Waals surface area (Å²) >= 11 is 0. The Morgan fingerprint density at radius 2 is 0.868 bits per heavy atom. The number of rotatable bonds is 5. The van der Waals surface area contributed by atoms with E-state index in [1.54, 1.807) is 0 Å². The summed E-state index contributed by atoms with van der Waals surface area (Å²) in [6.45, 7) is 0. The first-order valence-electron chi connectivity index (χ1n) is 18.0. The third-order valence-corrected chi connectivity index (χ3v) is 10.7. The maximum Gasteiger partial charge on any atom is 0.137 e. The molecule has 0 N–H and O–H groups in total. The molecule has 0 radical (unpaired) electrons. The highest BCUT2D eigenvalue weighted by molar-refractivity contribution is 6.19. The van der Waals surface area contributed by atoms with E-state index in [1.807, 2.05) is 12.1 Å². The van der Waals surface area contributed by atoms with Gasteiger partial charge in [0.25, 0.3) is 0 Å². The molecule has 0 spiro atoms. The lowest BCUT2D eigenvalue weighted by atomic mass is 9.98. The van der Waals surface area contributed by atoms with Crippen LogP contribution in [0.2, 0.25) is 0 Å². The highest BCUT2D eigenvalue weighted by Gasteiger charge is 2.20. The fourth-order valence-electron chi connectivity index (χ4n) is 8.17. The van der Waals surface area contributed by atoms with Crippen molar-refractivity contribution in [2.75, 3.05) is 4.90 Å². The lowest BCUT2D eigenvalue weighted by molar-refractivity contribution is 0.668. The van der Waals surface area contributed by atoms with E-state index < -0.39 is 0 Å². The van der Waals surface area contributed by atoms with Gasteiger partial charge in [-0.1, -0.05) is 127 Å². The van der Waals surface area contributed by atoms with Crippen molar-refractivity contribution >= 4 is 82.5 Å². The summed E-state index contributed by atoms with van der Waals surface area (Å²) < 4.78 is 12.7. The smallest absolute Gasteiger partial charge is 0.137 e. The molecule has 0 amide bonds. The minimum absolute atomic E-state index is 0.867. The topological polar surface area (TPSA) is 29.5 Å². The SMILES string of the molecule is c1ccc2c(-c3ccc(N(c4ccc(-c5ccc6oc7ccc8ccccc8c7c6c5)cc4)c4cccc5oc6ccccc6c45)cc3)cccc2c1. The van der Waals surface area contributed by atoms with Crippen LogP contribution in [0.1, 0.15) is 0 Å². The van der Waals surface area contributed by atoms with E-state index in [-0.39, 0.29) is 0 Å². The normalized spacial score (nSPS) is 11.8. The third-order valence-electron chi connectivity index (χ3n) is 10.7. The van der Waals surface area contributed by atoms with E-state index in [0.717, 1.165) is 72.1 Å². The van der Waals surface area contributed by atoms with Crippen molar-refractivity contribution in [3.8, 4) is 22.3 Å². The van der Waals surface area contributed by atoms with Crippen LogP contribution in [-0.4, -0.2) is 0 Å². The molecule has 0 saturated carbocycles. The van der Waals surface area contributed by atoms with Crippen LogP contribution in [-0.2, 0) is 0 Å². The first kappa shape index (κ1) is 29.6. The van der Waals surface area contributed by atoms with Gasteiger partial charge in [-0.2, -0.15) is 0 Å². The Morgan fingerprint density at radius 1 is 0.321 bits per heavy atom. The molecule has 2 heterocycles. The molecule has 0 bridgehead atoms. The highest BCUT2D eigenvalue weighted by Crippen LogP contribution is 2.44. The van der Waals surface area contributed by atoms with E-state index in [2.05, 4.69) is 181 Å². The Morgan fingerprint density at radius 3 is 1.66 bits per heavy atom. The maximum atomic E-state index is 6.36. The Kier molecular flexibility index (Phi) is 6.55. The van der Waals surface area contributed by atoms with Gasteiger partial charge in [0, 0.05) is 27.5 Å². The van der Waals surface area contributed by atoms with Crippen molar-refractivity contribution in [3.05, 3.63) is 188 Å². The monoisotopic (exact) mass is 677 g/mol. The first-order chi connectivity index (χ1) is 26.3. The summed E-state index contributed by atoms with van der Waals surface area (Å²) in [4.78, 5) is 2.35. The number of nitrogens with zero attached hydrogens (tertiary/aromatic N) is 1. The van der Waals surface area contributed by atoms with Gasteiger partial charge >= 0.3 is 0 Å². The summed E-state index contributed by atoms with van der Waals surface area (Å²) in [7, 11) is 0. The molecule has 0 aliphatic heterocycles. The molecule has 53 heavy (non-hydrogen) atoms. The van der Waals surface area contributed by atoms with Crippen LogP contribution in [0.25, 0.3) is 87.7 Å². The van der Waals surface area contributed by atoms with E-state index in [4.69, 9.17) is 8.83 Å². The number of para-hydroxylation sites is 1. The third kappa shape index (κ3) is 4.75. The number of anilines is 3. The lowest BCUT2D eigenvalue weighted by Crippen LogP contribution is -2.10. The highest BCUT2D eigenvalue weighted by atomic mass is 16.3. The lowest BCUT2D eigenvalue weighted by Gasteiger charge is -2.26. The van der Waals surface area contributed by atoms with Gasteiger partial charge in [0.15, 0.2) is 0 Å². The molecule has 11 rings (SSSR count). The quantitative estimate of drug-likeness (QED) is 0.182. The second kappa shape index (κ2) is 11.7. The van der Waals surface area contributed by atoms with Crippen molar-refractivity contribution in [1.29, 1.82) is 0 Å². The molecular weight excluding hydrogens is 647 g/mol. The van der Waals surface area contributed by atoms with Crippen LogP contribution in [0, 0.1) is 0 Å². The molecule has 3 nitrogen and oxygen atoms in total. The van der Waals surface area contributed by atoms with Crippen LogP contribution in [0.3, 0.4) is 0 Å². The molecular formula is C50H31NO2. The van der Waals surface area contributed by atoms with Crippen molar-refractivity contribution in [2.45, 2.75) is 0 Å². The molecule has 9 aromatic carbocycles. The number of hydrogen-bond donors (Lipinski definition) is 0. The van der Waals surface area contributed by atoms with Crippen molar-refractivity contribution in [3.63, 3.8) is 0 Å². The average molecular weight is 678 g/mol. The number of furan rings is 2. The average Bonchev–Trinajstić information content (AvgIpc) is 3.80. The fourth-order valence-corrected chi connectivity index (χ4v) is 8.17. The zero-order valence-corrected chi connectivity index (χ0v) is 28.7. The van der Waals surface area contributed by atoms with Crippen LogP contribution in [0.4, 0.5) is 17.1 Å². The number of hydrogen-bond acceptors (Lipinski definition) is 3. The van der Waals surface area contributed by atoms with E-state index in [9.17, 15) is 0 Å².